The maximum Gasteiger partial charge on any atom is 0.263 e. The van der Waals surface area contributed by atoms with Crippen LogP contribution in [0.3, 0.4) is 0 Å². The molecule has 8 heteroatoms. The molecule has 0 aliphatic carbocycles. The number of hydrogen-bond donors (Lipinski definition) is 1. The number of thiocarbonyl (C=S) groups is 1. The molecule has 0 atom stereocenters. The van der Waals surface area contributed by atoms with E-state index < -0.39 is 0 Å². The van der Waals surface area contributed by atoms with Gasteiger partial charge in [-0.15, -0.1) is 0 Å². The van der Waals surface area contributed by atoms with Gasteiger partial charge in [-0.25, -0.2) is 0 Å². The predicted octanol–water partition coefficient (Wildman–Crippen LogP) is 2.65. The molecule has 1 aromatic rings. The molecule has 2 aliphatic heterocycles. The lowest BCUT2D eigenvalue weighted by Crippen LogP contribution is -2.38. The number of hydrogen-bond acceptors (Lipinski definition) is 6. The molecule has 1 aromatic carbocycles. The van der Waals surface area contributed by atoms with Gasteiger partial charge in [-0.3, -0.25) is 9.69 Å². The summed E-state index contributed by atoms with van der Waals surface area (Å²) >= 11 is 9.76. The Balaban J connectivity index is 1.68. The smallest absolute Gasteiger partial charge is 0.263 e. The largest absolute Gasteiger partial charge is 0.492 e. The molecule has 0 bridgehead atoms. The summed E-state index contributed by atoms with van der Waals surface area (Å²) in [6, 6.07) is 5.77. The Morgan fingerprint density at radius 1 is 1.42 bits per heavy atom. The van der Waals surface area contributed by atoms with Crippen LogP contribution in [0.4, 0.5) is 0 Å². The molecule has 1 N–H and O–H groups in total. The minimum absolute atomic E-state index is 0.163. The standard InChI is InChI=1S/C16H17BrN2O3S2/c17-12-1-2-13(22-8-5-19-3-6-21-7-4-19)11(9-12)10-14-15(20)18-16(23)24-14/h1-2,9-10H,3-8H2,(H,18,20,23)/b14-10-. The number of benzene rings is 1. The van der Waals surface area contributed by atoms with E-state index in [1.807, 2.05) is 24.3 Å². The molecule has 128 valence electrons. The number of thioether (sulfide) groups is 1. The van der Waals surface area contributed by atoms with Crippen molar-refractivity contribution >= 4 is 56.2 Å². The number of morpholine rings is 1. The van der Waals surface area contributed by atoms with Crippen molar-refractivity contribution in [3.05, 3.63) is 33.1 Å². The normalized spacial score (nSPS) is 20.5. The van der Waals surface area contributed by atoms with E-state index in [1.165, 1.54) is 11.8 Å². The number of nitrogens with zero attached hydrogens (tertiary/aromatic N) is 1. The number of nitrogens with one attached hydrogen (secondary N) is 1. The fourth-order valence-electron chi connectivity index (χ4n) is 2.44. The van der Waals surface area contributed by atoms with Crippen LogP contribution in [0.5, 0.6) is 5.75 Å². The molecular formula is C16H17BrN2O3S2. The molecule has 2 saturated heterocycles. The minimum atomic E-state index is -0.163. The van der Waals surface area contributed by atoms with Crippen molar-refractivity contribution in [2.75, 3.05) is 39.5 Å². The summed E-state index contributed by atoms with van der Waals surface area (Å²) in [5, 5.41) is 2.62. The summed E-state index contributed by atoms with van der Waals surface area (Å²) in [5.41, 5.74) is 0.855. The van der Waals surface area contributed by atoms with Crippen LogP contribution in [0.1, 0.15) is 5.56 Å². The van der Waals surface area contributed by atoms with E-state index >= 15 is 0 Å². The molecule has 0 radical (unpaired) electrons. The first kappa shape index (κ1) is 17.9. The second-order valence-electron chi connectivity index (χ2n) is 5.34. The molecule has 0 unspecified atom stereocenters. The highest BCUT2D eigenvalue weighted by Gasteiger charge is 2.22. The van der Waals surface area contributed by atoms with Crippen LogP contribution in [0.15, 0.2) is 27.6 Å². The lowest BCUT2D eigenvalue weighted by Gasteiger charge is -2.26. The third-order valence-electron chi connectivity index (χ3n) is 3.67. The minimum Gasteiger partial charge on any atom is -0.492 e. The number of amides is 1. The summed E-state index contributed by atoms with van der Waals surface area (Å²) in [6.45, 7) is 4.89. The number of halogens is 1. The van der Waals surface area contributed by atoms with Gasteiger partial charge in [0.25, 0.3) is 5.91 Å². The average Bonchev–Trinajstić information content (AvgIpc) is 2.88. The lowest BCUT2D eigenvalue weighted by molar-refractivity contribution is -0.115. The van der Waals surface area contributed by atoms with Gasteiger partial charge in [0.05, 0.1) is 18.1 Å². The van der Waals surface area contributed by atoms with Crippen molar-refractivity contribution in [3.8, 4) is 5.75 Å². The molecule has 2 fully saturated rings. The average molecular weight is 429 g/mol. The Bertz CT molecular complexity index is 675. The summed E-state index contributed by atoms with van der Waals surface area (Å²) in [7, 11) is 0. The van der Waals surface area contributed by atoms with Crippen LogP contribution < -0.4 is 10.1 Å². The summed E-state index contributed by atoms with van der Waals surface area (Å²) in [5.74, 6) is 0.592. The number of rotatable bonds is 5. The van der Waals surface area contributed by atoms with E-state index in [-0.39, 0.29) is 5.91 Å². The molecule has 1 amide bonds. The Morgan fingerprint density at radius 2 is 2.21 bits per heavy atom. The lowest BCUT2D eigenvalue weighted by atomic mass is 10.2. The molecule has 0 aromatic heterocycles. The summed E-state index contributed by atoms with van der Waals surface area (Å²) in [4.78, 5) is 14.7. The Labute approximate surface area is 158 Å². The van der Waals surface area contributed by atoms with Gasteiger partial charge in [0.15, 0.2) is 0 Å². The van der Waals surface area contributed by atoms with E-state index in [2.05, 4.69) is 26.1 Å². The molecule has 0 spiro atoms. The van der Waals surface area contributed by atoms with Crippen molar-refractivity contribution in [1.29, 1.82) is 0 Å². The predicted molar refractivity (Wildman–Crippen MR) is 103 cm³/mol. The zero-order valence-electron chi connectivity index (χ0n) is 12.9. The first-order valence-electron chi connectivity index (χ1n) is 7.59. The fourth-order valence-corrected chi connectivity index (χ4v) is 3.85. The van der Waals surface area contributed by atoms with E-state index in [0.717, 1.165) is 48.6 Å². The van der Waals surface area contributed by atoms with Gasteiger partial charge >= 0.3 is 0 Å². The summed E-state index contributed by atoms with van der Waals surface area (Å²) in [6.07, 6.45) is 1.81. The molecule has 2 heterocycles. The van der Waals surface area contributed by atoms with Crippen LogP contribution >= 0.6 is 39.9 Å². The maximum atomic E-state index is 11.8. The van der Waals surface area contributed by atoms with Gasteiger partial charge in [0, 0.05) is 29.7 Å². The van der Waals surface area contributed by atoms with Crippen LogP contribution in [0.2, 0.25) is 0 Å². The second kappa shape index (κ2) is 8.44. The van der Waals surface area contributed by atoms with Gasteiger partial charge in [0.2, 0.25) is 0 Å². The molecular weight excluding hydrogens is 412 g/mol. The highest BCUT2D eigenvalue weighted by Crippen LogP contribution is 2.31. The van der Waals surface area contributed by atoms with E-state index in [0.29, 0.717) is 15.8 Å². The van der Waals surface area contributed by atoms with Crippen molar-refractivity contribution in [2.24, 2.45) is 0 Å². The molecule has 3 rings (SSSR count). The van der Waals surface area contributed by atoms with Gasteiger partial charge in [-0.2, -0.15) is 0 Å². The monoisotopic (exact) mass is 428 g/mol. The quantitative estimate of drug-likeness (QED) is 0.574. The number of carbonyl (C=O) groups excluding carboxylic acids is 1. The number of carbonyl (C=O) groups is 1. The third-order valence-corrected chi connectivity index (χ3v) is 5.33. The highest BCUT2D eigenvalue weighted by atomic mass is 79.9. The highest BCUT2D eigenvalue weighted by molar-refractivity contribution is 9.10. The Morgan fingerprint density at radius 3 is 2.92 bits per heavy atom. The van der Waals surface area contributed by atoms with Crippen molar-refractivity contribution in [3.63, 3.8) is 0 Å². The van der Waals surface area contributed by atoms with Gasteiger partial charge in [-0.1, -0.05) is 39.9 Å². The Kier molecular flexibility index (Phi) is 6.29. The van der Waals surface area contributed by atoms with Crippen LogP contribution in [-0.2, 0) is 9.53 Å². The first-order chi connectivity index (χ1) is 11.6. The van der Waals surface area contributed by atoms with Crippen LogP contribution in [0, 0.1) is 0 Å². The molecule has 2 aliphatic rings. The van der Waals surface area contributed by atoms with Crippen molar-refractivity contribution in [2.45, 2.75) is 0 Å². The molecule has 24 heavy (non-hydrogen) atoms. The first-order valence-corrected chi connectivity index (χ1v) is 9.61. The molecule has 0 saturated carbocycles. The van der Waals surface area contributed by atoms with Crippen LogP contribution in [0.25, 0.3) is 6.08 Å². The van der Waals surface area contributed by atoms with Gasteiger partial charge in [-0.05, 0) is 24.3 Å². The SMILES string of the molecule is O=C1NC(=S)S/C1=C\c1cc(Br)ccc1OCCN1CCOCC1. The Hall–Kier alpha value is -0.930. The molecule has 5 nitrogen and oxygen atoms in total. The van der Waals surface area contributed by atoms with Crippen LogP contribution in [-0.4, -0.2) is 54.6 Å². The van der Waals surface area contributed by atoms with E-state index in [1.54, 1.807) is 0 Å². The summed E-state index contributed by atoms with van der Waals surface area (Å²) < 4.78 is 12.7. The topological polar surface area (TPSA) is 50.8 Å². The third kappa shape index (κ3) is 4.80. The maximum absolute atomic E-state index is 11.8. The van der Waals surface area contributed by atoms with Crippen molar-refractivity contribution < 1.29 is 14.3 Å². The zero-order valence-corrected chi connectivity index (χ0v) is 16.1. The van der Waals surface area contributed by atoms with Crippen molar-refractivity contribution in [1.82, 2.24) is 10.2 Å². The number of ether oxygens (including phenoxy) is 2. The zero-order chi connectivity index (χ0) is 16.9. The van der Waals surface area contributed by atoms with Gasteiger partial charge in [0.1, 0.15) is 16.7 Å². The fraction of sp³-hybridized carbons (Fsp3) is 0.375. The second-order valence-corrected chi connectivity index (χ2v) is 7.97. The van der Waals surface area contributed by atoms with E-state index in [4.69, 9.17) is 21.7 Å². The van der Waals surface area contributed by atoms with Gasteiger partial charge < -0.3 is 14.8 Å². The van der Waals surface area contributed by atoms with E-state index in [9.17, 15) is 4.79 Å².